The monoisotopic (exact) mass is 381 g/mol. The van der Waals surface area contributed by atoms with Gasteiger partial charge in [0.1, 0.15) is 0 Å². The predicted octanol–water partition coefficient (Wildman–Crippen LogP) is 1.06. The summed E-state index contributed by atoms with van der Waals surface area (Å²) in [6.07, 6.45) is 0.509. The number of hydrogen-bond donors (Lipinski definition) is 0. The third kappa shape index (κ3) is 3.41. The normalized spacial score (nSPS) is 18.6. The van der Waals surface area contributed by atoms with Gasteiger partial charge in [-0.25, -0.2) is 13.2 Å². The van der Waals surface area contributed by atoms with Crippen LogP contribution in [0.4, 0.5) is 10.5 Å². The van der Waals surface area contributed by atoms with E-state index in [1.165, 1.54) is 9.21 Å². The van der Waals surface area contributed by atoms with Crippen LogP contribution in [0, 0.1) is 0 Å². The van der Waals surface area contributed by atoms with Crippen molar-refractivity contribution in [2.75, 3.05) is 44.7 Å². The number of piperazine rings is 1. The molecule has 0 aliphatic carbocycles. The lowest BCUT2D eigenvalue weighted by molar-refractivity contribution is -0.118. The van der Waals surface area contributed by atoms with Crippen LogP contribution in [0.5, 0.6) is 0 Å². The van der Waals surface area contributed by atoms with Gasteiger partial charge < -0.3 is 14.5 Å². The third-order valence-electron chi connectivity index (χ3n) is 4.80. The number of carbonyl (C=O) groups excluding carboxylic acids is 2. The number of nitrogens with zero attached hydrogens (tertiary/aromatic N) is 3. The molecule has 0 bridgehead atoms. The van der Waals surface area contributed by atoms with Crippen LogP contribution in [-0.4, -0.2) is 69.5 Å². The molecule has 1 saturated heterocycles. The minimum Gasteiger partial charge on any atom is -0.450 e. The molecule has 1 aromatic rings. The molecule has 0 unspecified atom stereocenters. The third-order valence-corrected chi connectivity index (χ3v) is 6.69. The van der Waals surface area contributed by atoms with E-state index in [0.717, 1.165) is 11.3 Å². The van der Waals surface area contributed by atoms with Gasteiger partial charge in [-0.3, -0.25) is 4.79 Å². The molecule has 0 saturated carbocycles. The number of aryl methyl sites for hydroxylation is 1. The van der Waals surface area contributed by atoms with Crippen LogP contribution in [0.2, 0.25) is 0 Å². The number of ether oxygens (including phenoxy) is 1. The highest BCUT2D eigenvalue weighted by Gasteiger charge is 2.31. The molecule has 26 heavy (non-hydrogen) atoms. The van der Waals surface area contributed by atoms with E-state index in [4.69, 9.17) is 4.74 Å². The van der Waals surface area contributed by atoms with Gasteiger partial charge in [0.05, 0.1) is 11.5 Å². The summed E-state index contributed by atoms with van der Waals surface area (Å²) in [7, 11) is -1.94. The van der Waals surface area contributed by atoms with Crippen LogP contribution in [0.3, 0.4) is 0 Å². The van der Waals surface area contributed by atoms with Crippen molar-refractivity contribution in [3.8, 4) is 0 Å². The average molecular weight is 381 g/mol. The number of anilines is 1. The number of carbonyl (C=O) groups is 2. The molecule has 142 valence electrons. The fraction of sp³-hybridized carbons (Fsp3) is 0.529. The Hall–Kier alpha value is -2.13. The van der Waals surface area contributed by atoms with Gasteiger partial charge in [-0.2, -0.15) is 4.31 Å². The van der Waals surface area contributed by atoms with Crippen molar-refractivity contribution in [2.24, 2.45) is 0 Å². The van der Waals surface area contributed by atoms with Gasteiger partial charge in [-0.05, 0) is 37.1 Å². The number of hydrogen-bond acceptors (Lipinski definition) is 5. The minimum absolute atomic E-state index is 0.0307. The second kappa shape index (κ2) is 7.24. The van der Waals surface area contributed by atoms with Crippen LogP contribution in [0.1, 0.15) is 18.9 Å². The number of rotatable bonds is 3. The maximum Gasteiger partial charge on any atom is 0.409 e. The minimum atomic E-state index is -3.64. The lowest BCUT2D eigenvalue weighted by Gasteiger charge is -2.33. The Morgan fingerprint density at radius 1 is 1.15 bits per heavy atom. The summed E-state index contributed by atoms with van der Waals surface area (Å²) in [5.74, 6) is 0.0307. The number of sulfonamides is 1. The van der Waals surface area contributed by atoms with Crippen molar-refractivity contribution in [1.82, 2.24) is 9.21 Å². The lowest BCUT2D eigenvalue weighted by Crippen LogP contribution is -2.50. The molecule has 1 fully saturated rings. The van der Waals surface area contributed by atoms with E-state index in [0.29, 0.717) is 32.5 Å². The molecule has 2 amide bonds. The first-order chi connectivity index (χ1) is 12.3. The van der Waals surface area contributed by atoms with Crippen molar-refractivity contribution >= 4 is 27.7 Å². The highest BCUT2D eigenvalue weighted by molar-refractivity contribution is 7.89. The number of fused-ring (bicyclic) bond motifs is 1. The van der Waals surface area contributed by atoms with E-state index in [9.17, 15) is 18.0 Å². The first-order valence-electron chi connectivity index (χ1n) is 8.66. The lowest BCUT2D eigenvalue weighted by atomic mass is 10.0. The molecule has 0 radical (unpaired) electrons. The molecule has 3 rings (SSSR count). The van der Waals surface area contributed by atoms with E-state index in [1.54, 1.807) is 37.1 Å². The molecule has 2 aliphatic rings. The van der Waals surface area contributed by atoms with Crippen LogP contribution in [-0.2, 0) is 26.0 Å². The summed E-state index contributed by atoms with van der Waals surface area (Å²) in [4.78, 5) is 26.8. The summed E-state index contributed by atoms with van der Waals surface area (Å²) in [5, 5.41) is 0. The smallest absolute Gasteiger partial charge is 0.409 e. The molecule has 1 aromatic carbocycles. The molecule has 2 heterocycles. The van der Waals surface area contributed by atoms with Crippen molar-refractivity contribution in [1.29, 1.82) is 0 Å². The maximum absolute atomic E-state index is 12.9. The molecule has 0 N–H and O–H groups in total. The van der Waals surface area contributed by atoms with E-state index in [2.05, 4.69) is 0 Å². The Morgan fingerprint density at radius 2 is 1.85 bits per heavy atom. The quantitative estimate of drug-likeness (QED) is 0.781. The second-order valence-corrected chi connectivity index (χ2v) is 8.27. The Balaban J connectivity index is 1.75. The molecular formula is C17H23N3O5S. The maximum atomic E-state index is 12.9. The molecule has 0 spiro atoms. The zero-order valence-corrected chi connectivity index (χ0v) is 15.8. The standard InChI is InChI=1S/C17H23N3O5S/c1-3-25-17(22)19-8-10-20(11-9-19)26(23,24)14-5-6-15-13(12-14)4-7-16(21)18(15)2/h5-6,12H,3-4,7-11H2,1-2H3. The molecule has 2 aliphatic heterocycles. The van der Waals surface area contributed by atoms with Crippen molar-refractivity contribution in [3.05, 3.63) is 23.8 Å². The van der Waals surface area contributed by atoms with E-state index in [-0.39, 0.29) is 23.9 Å². The van der Waals surface area contributed by atoms with Crippen LogP contribution >= 0.6 is 0 Å². The Kier molecular flexibility index (Phi) is 5.19. The Labute approximate surface area is 153 Å². The average Bonchev–Trinajstić information content (AvgIpc) is 2.65. The van der Waals surface area contributed by atoms with Crippen molar-refractivity contribution in [2.45, 2.75) is 24.7 Å². The first-order valence-corrected chi connectivity index (χ1v) is 10.1. The van der Waals surface area contributed by atoms with Crippen LogP contribution in [0.25, 0.3) is 0 Å². The van der Waals surface area contributed by atoms with Crippen molar-refractivity contribution < 1.29 is 22.7 Å². The topological polar surface area (TPSA) is 87.2 Å². The van der Waals surface area contributed by atoms with E-state index in [1.807, 2.05) is 0 Å². The highest BCUT2D eigenvalue weighted by Crippen LogP contribution is 2.30. The highest BCUT2D eigenvalue weighted by atomic mass is 32.2. The van der Waals surface area contributed by atoms with Gasteiger partial charge in [0.15, 0.2) is 0 Å². The zero-order chi connectivity index (χ0) is 18.9. The molecule has 0 aromatic heterocycles. The SMILES string of the molecule is CCOC(=O)N1CCN(S(=O)(=O)c2ccc3c(c2)CCC(=O)N3C)CC1. The van der Waals surface area contributed by atoms with Gasteiger partial charge in [-0.1, -0.05) is 0 Å². The van der Waals surface area contributed by atoms with Gasteiger partial charge in [0, 0.05) is 45.3 Å². The largest absolute Gasteiger partial charge is 0.450 e. The number of benzene rings is 1. The van der Waals surface area contributed by atoms with E-state index < -0.39 is 16.1 Å². The summed E-state index contributed by atoms with van der Waals surface area (Å²) < 4.78 is 32.2. The van der Waals surface area contributed by atoms with Crippen molar-refractivity contribution in [3.63, 3.8) is 0 Å². The first kappa shape index (κ1) is 18.7. The second-order valence-electron chi connectivity index (χ2n) is 6.33. The summed E-state index contributed by atoms with van der Waals surface area (Å²) >= 11 is 0. The van der Waals surface area contributed by atoms with Crippen LogP contribution < -0.4 is 4.90 Å². The van der Waals surface area contributed by atoms with Crippen LogP contribution in [0.15, 0.2) is 23.1 Å². The summed E-state index contributed by atoms with van der Waals surface area (Å²) in [5.41, 5.74) is 1.62. The zero-order valence-electron chi connectivity index (χ0n) is 15.0. The fourth-order valence-corrected chi connectivity index (χ4v) is 4.74. The predicted molar refractivity (Wildman–Crippen MR) is 95.5 cm³/mol. The Bertz CT molecular complexity index is 816. The van der Waals surface area contributed by atoms with E-state index >= 15 is 0 Å². The molecule has 8 nitrogen and oxygen atoms in total. The summed E-state index contributed by atoms with van der Waals surface area (Å²) in [6.45, 7) is 3.11. The molecule has 9 heteroatoms. The summed E-state index contributed by atoms with van der Waals surface area (Å²) in [6, 6.07) is 4.89. The van der Waals surface area contributed by atoms with Gasteiger partial charge in [-0.15, -0.1) is 0 Å². The Morgan fingerprint density at radius 3 is 2.50 bits per heavy atom. The van der Waals surface area contributed by atoms with Gasteiger partial charge >= 0.3 is 6.09 Å². The van der Waals surface area contributed by atoms with Gasteiger partial charge in [0.25, 0.3) is 0 Å². The molecular weight excluding hydrogens is 358 g/mol. The van der Waals surface area contributed by atoms with Gasteiger partial charge in [0.2, 0.25) is 15.9 Å². The fourth-order valence-electron chi connectivity index (χ4n) is 3.27. The molecule has 0 atom stereocenters. The number of amides is 2.